The molecule has 1 aromatic rings. The van der Waals surface area contributed by atoms with E-state index in [2.05, 4.69) is 5.32 Å². The van der Waals surface area contributed by atoms with Gasteiger partial charge in [0.05, 0.1) is 0 Å². The SMILES string of the molecule is CC(C)NCC(O)COc1ccccc1S(C)(=O)=O.Cl. The molecule has 0 amide bonds. The normalized spacial score (nSPS) is 12.8. The van der Waals surface area contributed by atoms with Crippen molar-refractivity contribution >= 4 is 22.2 Å². The van der Waals surface area contributed by atoms with Gasteiger partial charge in [0, 0.05) is 18.8 Å². The van der Waals surface area contributed by atoms with Crippen LogP contribution in [0.1, 0.15) is 13.8 Å². The molecule has 0 aliphatic carbocycles. The second-order valence-corrected chi connectivity index (χ2v) is 6.73. The number of nitrogens with one attached hydrogen (secondary N) is 1. The van der Waals surface area contributed by atoms with E-state index in [4.69, 9.17) is 4.74 Å². The quantitative estimate of drug-likeness (QED) is 0.790. The molecule has 7 heteroatoms. The molecule has 0 saturated heterocycles. The first-order chi connectivity index (χ1) is 8.80. The van der Waals surface area contributed by atoms with E-state index in [1.807, 2.05) is 13.8 Å². The second kappa shape index (κ2) is 8.46. The molecule has 20 heavy (non-hydrogen) atoms. The predicted molar refractivity (Wildman–Crippen MR) is 81.4 cm³/mol. The van der Waals surface area contributed by atoms with E-state index in [0.29, 0.717) is 6.54 Å². The summed E-state index contributed by atoms with van der Waals surface area (Å²) in [5.41, 5.74) is 0. The number of halogens is 1. The van der Waals surface area contributed by atoms with Crippen molar-refractivity contribution < 1.29 is 18.3 Å². The van der Waals surface area contributed by atoms with Crippen molar-refractivity contribution in [3.05, 3.63) is 24.3 Å². The summed E-state index contributed by atoms with van der Waals surface area (Å²) in [6.07, 6.45) is 0.446. The first-order valence-corrected chi connectivity index (χ1v) is 8.03. The first kappa shape index (κ1) is 19.2. The maximum atomic E-state index is 11.6. The van der Waals surface area contributed by atoms with Gasteiger partial charge in [0.25, 0.3) is 0 Å². The molecule has 0 saturated carbocycles. The van der Waals surface area contributed by atoms with Gasteiger partial charge in [-0.3, -0.25) is 0 Å². The van der Waals surface area contributed by atoms with Gasteiger partial charge in [-0.15, -0.1) is 12.4 Å². The highest BCUT2D eigenvalue weighted by Crippen LogP contribution is 2.23. The van der Waals surface area contributed by atoms with Crippen molar-refractivity contribution in [3.63, 3.8) is 0 Å². The molecule has 0 aromatic heterocycles. The standard InChI is InChI=1S/C13H21NO4S.ClH/c1-10(2)14-8-11(15)9-18-12-6-4-5-7-13(12)19(3,16)17;/h4-7,10-11,14-15H,8-9H2,1-3H3;1H. The van der Waals surface area contributed by atoms with Crippen LogP contribution in [0.15, 0.2) is 29.2 Å². The Kier molecular flexibility index (Phi) is 8.12. The Bertz CT molecular complexity index is 505. The summed E-state index contributed by atoms with van der Waals surface area (Å²) < 4.78 is 28.5. The zero-order valence-corrected chi connectivity index (χ0v) is 13.5. The fourth-order valence-electron chi connectivity index (χ4n) is 1.49. The number of hydrogen-bond acceptors (Lipinski definition) is 5. The monoisotopic (exact) mass is 323 g/mol. The minimum atomic E-state index is -3.33. The number of ether oxygens (including phenoxy) is 1. The smallest absolute Gasteiger partial charge is 0.179 e. The number of aliphatic hydroxyl groups is 1. The van der Waals surface area contributed by atoms with Crippen LogP contribution in [0.3, 0.4) is 0 Å². The lowest BCUT2D eigenvalue weighted by molar-refractivity contribution is 0.103. The Labute approximate surface area is 126 Å². The lowest BCUT2D eigenvalue weighted by Gasteiger charge is -2.16. The molecule has 2 N–H and O–H groups in total. The van der Waals surface area contributed by atoms with E-state index in [9.17, 15) is 13.5 Å². The van der Waals surface area contributed by atoms with Crippen LogP contribution in [0.4, 0.5) is 0 Å². The van der Waals surface area contributed by atoms with Crippen LogP contribution in [0, 0.1) is 0 Å². The molecule has 116 valence electrons. The zero-order chi connectivity index (χ0) is 14.5. The molecule has 0 radical (unpaired) electrons. The van der Waals surface area contributed by atoms with Crippen molar-refractivity contribution in [1.82, 2.24) is 5.32 Å². The minimum Gasteiger partial charge on any atom is -0.489 e. The molecule has 0 aliphatic rings. The molecule has 1 unspecified atom stereocenters. The highest BCUT2D eigenvalue weighted by atomic mass is 35.5. The fraction of sp³-hybridized carbons (Fsp3) is 0.538. The van der Waals surface area contributed by atoms with Crippen LogP contribution in [0.25, 0.3) is 0 Å². The molecule has 5 nitrogen and oxygen atoms in total. The van der Waals surface area contributed by atoms with E-state index < -0.39 is 15.9 Å². The Hall–Kier alpha value is -0.820. The van der Waals surface area contributed by atoms with Crippen molar-refractivity contribution in [2.24, 2.45) is 0 Å². The van der Waals surface area contributed by atoms with Gasteiger partial charge in [-0.2, -0.15) is 0 Å². The van der Waals surface area contributed by atoms with E-state index in [-0.39, 0.29) is 35.7 Å². The van der Waals surface area contributed by atoms with Gasteiger partial charge in [-0.1, -0.05) is 26.0 Å². The lowest BCUT2D eigenvalue weighted by Crippen LogP contribution is -2.35. The number of sulfone groups is 1. The lowest BCUT2D eigenvalue weighted by atomic mass is 10.3. The topological polar surface area (TPSA) is 75.6 Å². The maximum absolute atomic E-state index is 11.6. The Balaban J connectivity index is 0.00000361. The summed E-state index contributed by atoms with van der Waals surface area (Å²) in [7, 11) is -3.33. The second-order valence-electron chi connectivity index (χ2n) is 4.75. The predicted octanol–water partition coefficient (Wildman–Crippen LogP) is 1.25. The molecule has 0 bridgehead atoms. The van der Waals surface area contributed by atoms with E-state index in [1.165, 1.54) is 6.07 Å². The fourth-order valence-corrected chi connectivity index (χ4v) is 2.31. The number of rotatable bonds is 7. The van der Waals surface area contributed by atoms with E-state index in [0.717, 1.165) is 6.26 Å². The van der Waals surface area contributed by atoms with Gasteiger partial charge in [0.1, 0.15) is 23.4 Å². The Morgan fingerprint density at radius 1 is 1.30 bits per heavy atom. The van der Waals surface area contributed by atoms with Crippen LogP contribution in [0.5, 0.6) is 5.75 Å². The highest BCUT2D eigenvalue weighted by molar-refractivity contribution is 7.90. The molecular weight excluding hydrogens is 302 g/mol. The minimum absolute atomic E-state index is 0. The van der Waals surface area contributed by atoms with Gasteiger partial charge in [0.15, 0.2) is 9.84 Å². The highest BCUT2D eigenvalue weighted by Gasteiger charge is 2.15. The molecule has 0 spiro atoms. The summed E-state index contributed by atoms with van der Waals surface area (Å²) >= 11 is 0. The molecule has 0 fully saturated rings. The average molecular weight is 324 g/mol. The third-order valence-corrected chi connectivity index (χ3v) is 3.58. The summed E-state index contributed by atoms with van der Waals surface area (Å²) in [6.45, 7) is 4.41. The van der Waals surface area contributed by atoms with Gasteiger partial charge in [-0.25, -0.2) is 8.42 Å². The molecule has 1 atom stereocenters. The summed E-state index contributed by atoms with van der Waals surface area (Å²) in [4.78, 5) is 0.138. The van der Waals surface area contributed by atoms with Crippen molar-refractivity contribution in [1.29, 1.82) is 0 Å². The molecular formula is C13H22ClNO4S. The number of benzene rings is 1. The molecule has 1 aromatic carbocycles. The van der Waals surface area contributed by atoms with Crippen LogP contribution in [-0.2, 0) is 9.84 Å². The van der Waals surface area contributed by atoms with Gasteiger partial charge >= 0.3 is 0 Å². The summed E-state index contributed by atoms with van der Waals surface area (Å²) in [6, 6.07) is 6.68. The first-order valence-electron chi connectivity index (χ1n) is 6.14. The van der Waals surface area contributed by atoms with Crippen molar-refractivity contribution in [2.45, 2.75) is 30.9 Å². The van der Waals surface area contributed by atoms with E-state index in [1.54, 1.807) is 18.2 Å². The summed E-state index contributed by atoms with van der Waals surface area (Å²) in [5, 5.41) is 12.8. The number of aliphatic hydroxyl groups excluding tert-OH is 1. The van der Waals surface area contributed by atoms with Crippen LogP contribution >= 0.6 is 12.4 Å². The van der Waals surface area contributed by atoms with E-state index >= 15 is 0 Å². The summed E-state index contributed by atoms with van der Waals surface area (Å²) in [5.74, 6) is 0.272. The zero-order valence-electron chi connectivity index (χ0n) is 11.9. The molecule has 0 aliphatic heterocycles. The van der Waals surface area contributed by atoms with Crippen molar-refractivity contribution in [3.8, 4) is 5.75 Å². The third-order valence-electron chi connectivity index (χ3n) is 2.44. The van der Waals surface area contributed by atoms with Crippen LogP contribution in [0.2, 0.25) is 0 Å². The van der Waals surface area contributed by atoms with Gasteiger partial charge in [0.2, 0.25) is 0 Å². The third kappa shape index (κ3) is 6.56. The Morgan fingerprint density at radius 2 is 1.90 bits per heavy atom. The Morgan fingerprint density at radius 3 is 2.45 bits per heavy atom. The molecule has 0 heterocycles. The number of hydrogen-bond donors (Lipinski definition) is 2. The van der Waals surface area contributed by atoms with Crippen LogP contribution < -0.4 is 10.1 Å². The average Bonchev–Trinajstić information content (AvgIpc) is 2.33. The van der Waals surface area contributed by atoms with Gasteiger partial charge in [-0.05, 0) is 12.1 Å². The molecule has 1 rings (SSSR count). The van der Waals surface area contributed by atoms with Gasteiger partial charge < -0.3 is 15.2 Å². The van der Waals surface area contributed by atoms with Crippen LogP contribution in [-0.4, -0.2) is 45.1 Å². The number of para-hydroxylation sites is 1. The van der Waals surface area contributed by atoms with Crippen molar-refractivity contribution in [2.75, 3.05) is 19.4 Å². The maximum Gasteiger partial charge on any atom is 0.179 e. The largest absolute Gasteiger partial charge is 0.489 e.